The fourth-order valence-corrected chi connectivity index (χ4v) is 5.61. The summed E-state index contributed by atoms with van der Waals surface area (Å²) in [6.07, 6.45) is 9.67. The lowest BCUT2D eigenvalue weighted by atomic mass is 10.1. The second-order valence-corrected chi connectivity index (χ2v) is 11.2. The Kier molecular flexibility index (Phi) is 7.17. The van der Waals surface area contributed by atoms with Crippen molar-refractivity contribution >= 4 is 50.1 Å². The normalized spacial score (nSPS) is 17.0. The molecule has 12 nitrogen and oxygen atoms in total. The van der Waals surface area contributed by atoms with Crippen LogP contribution in [0.15, 0.2) is 48.9 Å². The van der Waals surface area contributed by atoms with Crippen LogP contribution in [0.5, 0.6) is 0 Å². The number of hydrogen-bond acceptors (Lipinski definition) is 9. The fraction of sp³-hybridized carbons (Fsp3) is 0.321. The Bertz CT molecular complexity index is 1680. The van der Waals surface area contributed by atoms with Gasteiger partial charge in [0.05, 0.1) is 18.0 Å². The molecule has 1 aliphatic heterocycles. The van der Waals surface area contributed by atoms with E-state index in [4.69, 9.17) is 17.4 Å². The van der Waals surface area contributed by atoms with Crippen LogP contribution in [0.1, 0.15) is 35.7 Å². The van der Waals surface area contributed by atoms with Crippen molar-refractivity contribution in [2.24, 2.45) is 0 Å². The van der Waals surface area contributed by atoms with E-state index < -0.39 is 0 Å². The number of nitrogens with zero attached hydrogens (tertiary/aromatic N) is 8. The first kappa shape index (κ1) is 26.5. The maximum Gasteiger partial charge on any atom is 0.262 e. The van der Waals surface area contributed by atoms with E-state index in [9.17, 15) is 9.59 Å². The van der Waals surface area contributed by atoms with Gasteiger partial charge >= 0.3 is 0 Å². The van der Waals surface area contributed by atoms with Gasteiger partial charge in [-0.05, 0) is 38.4 Å². The molecule has 4 heterocycles. The molecule has 2 aliphatic rings. The van der Waals surface area contributed by atoms with E-state index in [1.54, 1.807) is 30.3 Å². The second kappa shape index (κ2) is 11.1. The first-order valence-corrected chi connectivity index (χ1v) is 14.1. The molecule has 1 aliphatic carbocycles. The van der Waals surface area contributed by atoms with Crippen molar-refractivity contribution in [2.45, 2.75) is 31.3 Å². The standard InChI is InChI=1S/C28H28N10O2S/c1-30-21-14-31-28(41-21)34-27(40)18-7-5-17(6-8-18)24-23-25(29)32-16-33-26(23)38(35-24)20-11-13-37(15-20)22(39)4-3-12-36(2)19-9-10-19/h3-8,14,16,19-20H,9-13,15H2,2H3,(H2,29,32,33)(H,31,34,40)/b4-3+/t20-/m1/s1. The molecule has 13 heteroatoms. The number of likely N-dealkylation sites (tertiary alicyclic amines) is 1. The smallest absolute Gasteiger partial charge is 0.262 e. The van der Waals surface area contributed by atoms with Gasteiger partial charge in [-0.3, -0.25) is 19.8 Å². The SMILES string of the molecule is [C-]#[N+]c1cnc(NC(=O)c2ccc(-c3nn([C@@H]4CCN(C(=O)/C=C/CN(C)C5CC5)C4)c4ncnc(N)c34)cc2)s1. The zero-order valence-corrected chi connectivity index (χ0v) is 23.2. The van der Waals surface area contributed by atoms with E-state index in [1.165, 1.54) is 25.4 Å². The van der Waals surface area contributed by atoms with E-state index in [2.05, 4.69) is 37.1 Å². The summed E-state index contributed by atoms with van der Waals surface area (Å²) >= 11 is 1.12. The van der Waals surface area contributed by atoms with Gasteiger partial charge < -0.3 is 10.6 Å². The lowest BCUT2D eigenvalue weighted by Crippen LogP contribution is -2.28. The summed E-state index contributed by atoms with van der Waals surface area (Å²) in [5.74, 6) is -0.0184. The van der Waals surface area contributed by atoms with Gasteiger partial charge in [-0.25, -0.2) is 24.5 Å². The molecule has 41 heavy (non-hydrogen) atoms. The molecular weight excluding hydrogens is 540 g/mol. The highest BCUT2D eigenvalue weighted by molar-refractivity contribution is 7.19. The molecule has 2 fully saturated rings. The lowest BCUT2D eigenvalue weighted by molar-refractivity contribution is -0.125. The number of benzene rings is 1. The molecule has 0 bridgehead atoms. The van der Waals surface area contributed by atoms with Crippen LogP contribution in [-0.4, -0.2) is 79.1 Å². The third kappa shape index (κ3) is 5.52. The van der Waals surface area contributed by atoms with E-state index in [-0.39, 0.29) is 17.9 Å². The minimum Gasteiger partial charge on any atom is -0.383 e. The van der Waals surface area contributed by atoms with Crippen molar-refractivity contribution < 1.29 is 9.59 Å². The maximum absolute atomic E-state index is 12.8. The van der Waals surface area contributed by atoms with Crippen molar-refractivity contribution in [1.82, 2.24) is 34.5 Å². The van der Waals surface area contributed by atoms with Crippen LogP contribution in [0, 0.1) is 6.57 Å². The molecule has 0 radical (unpaired) electrons. The highest BCUT2D eigenvalue weighted by Gasteiger charge is 2.30. The molecule has 6 rings (SSSR count). The van der Waals surface area contributed by atoms with Crippen LogP contribution in [0.25, 0.3) is 27.1 Å². The fourth-order valence-electron chi connectivity index (χ4n) is 5.01. The molecule has 4 aromatic rings. The highest BCUT2D eigenvalue weighted by Crippen LogP contribution is 2.34. The van der Waals surface area contributed by atoms with Crippen molar-refractivity contribution in [3.63, 3.8) is 0 Å². The summed E-state index contributed by atoms with van der Waals surface area (Å²) in [5.41, 5.74) is 8.70. The van der Waals surface area contributed by atoms with Gasteiger partial charge in [0, 0.05) is 49.1 Å². The summed E-state index contributed by atoms with van der Waals surface area (Å²) in [6.45, 7) is 8.97. The first-order valence-electron chi connectivity index (χ1n) is 13.3. The molecule has 1 aromatic carbocycles. The predicted octanol–water partition coefficient (Wildman–Crippen LogP) is 3.76. The minimum atomic E-state index is -0.329. The van der Waals surface area contributed by atoms with Gasteiger partial charge in [0.25, 0.3) is 10.9 Å². The predicted molar refractivity (Wildman–Crippen MR) is 157 cm³/mol. The third-order valence-electron chi connectivity index (χ3n) is 7.41. The number of carbonyl (C=O) groups excluding carboxylic acids is 2. The molecular formula is C28H28N10O2S. The van der Waals surface area contributed by atoms with E-state index in [0.29, 0.717) is 57.4 Å². The molecule has 208 valence electrons. The Morgan fingerprint density at radius 3 is 2.76 bits per heavy atom. The average molecular weight is 569 g/mol. The van der Waals surface area contributed by atoms with Gasteiger partial charge in [-0.2, -0.15) is 5.10 Å². The molecule has 3 aromatic heterocycles. The number of fused-ring (bicyclic) bond motifs is 1. The van der Waals surface area contributed by atoms with Crippen LogP contribution in [-0.2, 0) is 4.79 Å². The number of likely N-dealkylation sites (N-methyl/N-ethyl adjacent to an activating group) is 1. The Labute approximate surface area is 240 Å². The highest BCUT2D eigenvalue weighted by atomic mass is 32.1. The summed E-state index contributed by atoms with van der Waals surface area (Å²) in [5, 5.41) is 9.01. The molecule has 1 saturated carbocycles. The Morgan fingerprint density at radius 2 is 2.02 bits per heavy atom. The number of nitrogen functional groups attached to an aromatic ring is 1. The van der Waals surface area contributed by atoms with Gasteiger partial charge in [0.15, 0.2) is 10.8 Å². The number of amides is 2. The Hall–Kier alpha value is -4.67. The number of hydrogen-bond donors (Lipinski definition) is 2. The summed E-state index contributed by atoms with van der Waals surface area (Å²) in [4.78, 5) is 45.7. The zero-order chi connectivity index (χ0) is 28.5. The number of aromatic nitrogens is 5. The number of nitrogens with one attached hydrogen (secondary N) is 1. The zero-order valence-electron chi connectivity index (χ0n) is 22.4. The van der Waals surface area contributed by atoms with Crippen molar-refractivity contribution in [3.8, 4) is 11.3 Å². The van der Waals surface area contributed by atoms with Crippen LogP contribution in [0.4, 0.5) is 16.0 Å². The number of anilines is 2. The monoisotopic (exact) mass is 568 g/mol. The number of thiazole rings is 1. The van der Waals surface area contributed by atoms with Crippen LogP contribution in [0.3, 0.4) is 0 Å². The van der Waals surface area contributed by atoms with Crippen LogP contribution >= 0.6 is 11.3 Å². The molecule has 1 saturated heterocycles. The molecule has 3 N–H and O–H groups in total. The number of nitrogens with two attached hydrogens (primary N) is 1. The number of rotatable bonds is 8. The summed E-state index contributed by atoms with van der Waals surface area (Å²) < 4.78 is 1.85. The molecule has 0 unspecified atom stereocenters. The Morgan fingerprint density at radius 1 is 1.22 bits per heavy atom. The average Bonchev–Trinajstić information content (AvgIpc) is 3.36. The van der Waals surface area contributed by atoms with Gasteiger partial charge in [0.1, 0.15) is 17.8 Å². The minimum absolute atomic E-state index is 0.000511. The van der Waals surface area contributed by atoms with E-state index in [0.717, 1.165) is 29.9 Å². The third-order valence-corrected chi connectivity index (χ3v) is 8.21. The van der Waals surface area contributed by atoms with Crippen molar-refractivity contribution in [2.75, 3.05) is 37.7 Å². The van der Waals surface area contributed by atoms with Crippen LogP contribution < -0.4 is 11.1 Å². The largest absolute Gasteiger partial charge is 0.383 e. The van der Waals surface area contributed by atoms with Gasteiger partial charge in [-0.15, -0.1) is 11.3 Å². The second-order valence-electron chi connectivity index (χ2n) is 10.2. The van der Waals surface area contributed by atoms with Crippen molar-refractivity contribution in [3.05, 3.63) is 65.9 Å². The number of carbonyl (C=O) groups is 2. The van der Waals surface area contributed by atoms with Crippen LogP contribution in [0.2, 0.25) is 0 Å². The quantitative estimate of drug-likeness (QED) is 0.242. The maximum atomic E-state index is 12.8. The van der Waals surface area contributed by atoms with Gasteiger partial charge in [-0.1, -0.05) is 18.2 Å². The topological polar surface area (TPSA) is 140 Å². The Balaban J connectivity index is 1.20. The van der Waals surface area contributed by atoms with Gasteiger partial charge in [0.2, 0.25) is 5.91 Å². The van der Waals surface area contributed by atoms with E-state index in [1.807, 2.05) is 15.7 Å². The molecule has 0 spiro atoms. The molecule has 2 amide bonds. The first-order chi connectivity index (χ1) is 19.9. The summed E-state index contributed by atoms with van der Waals surface area (Å²) in [7, 11) is 2.09. The summed E-state index contributed by atoms with van der Waals surface area (Å²) in [6, 6.07) is 7.58. The molecule has 1 atom stereocenters. The van der Waals surface area contributed by atoms with Crippen molar-refractivity contribution in [1.29, 1.82) is 0 Å². The lowest BCUT2D eigenvalue weighted by Gasteiger charge is -2.16. The van der Waals surface area contributed by atoms with E-state index >= 15 is 0 Å².